The third-order valence-electron chi connectivity index (χ3n) is 5.02. The molecule has 0 radical (unpaired) electrons. The van der Waals surface area contributed by atoms with Crippen molar-refractivity contribution in [1.82, 2.24) is 19.6 Å². The maximum absolute atomic E-state index is 4.72. The van der Waals surface area contributed by atoms with Crippen LogP contribution in [0.2, 0.25) is 0 Å². The molecule has 4 aromatic rings. The third-order valence-corrected chi connectivity index (χ3v) is 5.02. The quantitative estimate of drug-likeness (QED) is 0.616. The lowest BCUT2D eigenvalue weighted by Gasteiger charge is -2.26. The first-order chi connectivity index (χ1) is 12.9. The highest BCUT2D eigenvalue weighted by molar-refractivity contribution is 5.65. The molecule has 1 atom stereocenters. The van der Waals surface area contributed by atoms with Gasteiger partial charge >= 0.3 is 0 Å². The van der Waals surface area contributed by atoms with E-state index >= 15 is 0 Å². The average molecular weight is 341 g/mol. The van der Waals surface area contributed by atoms with Gasteiger partial charge in [-0.2, -0.15) is 9.61 Å². The van der Waals surface area contributed by atoms with Gasteiger partial charge in [-0.1, -0.05) is 24.3 Å². The number of benzene rings is 1. The Morgan fingerprint density at radius 3 is 2.81 bits per heavy atom. The second-order valence-electron chi connectivity index (χ2n) is 6.72. The first-order valence-electron chi connectivity index (χ1n) is 8.95. The summed E-state index contributed by atoms with van der Waals surface area (Å²) in [6.07, 6.45) is 8.66. The molecule has 0 saturated heterocycles. The zero-order chi connectivity index (χ0) is 17.3. The van der Waals surface area contributed by atoms with Gasteiger partial charge in [0.2, 0.25) is 0 Å². The van der Waals surface area contributed by atoms with Gasteiger partial charge in [-0.05, 0) is 42.5 Å². The van der Waals surface area contributed by atoms with Crippen molar-refractivity contribution in [2.45, 2.75) is 25.3 Å². The number of aromatic nitrogens is 4. The molecule has 3 aromatic heterocycles. The molecule has 128 valence electrons. The Morgan fingerprint density at radius 1 is 1.00 bits per heavy atom. The fraction of sp³-hybridized carbons (Fsp3) is 0.190. The molecule has 5 heteroatoms. The predicted molar refractivity (Wildman–Crippen MR) is 102 cm³/mol. The summed E-state index contributed by atoms with van der Waals surface area (Å²) >= 11 is 0. The number of anilines is 1. The van der Waals surface area contributed by atoms with Crippen molar-refractivity contribution in [1.29, 1.82) is 0 Å². The van der Waals surface area contributed by atoms with Crippen molar-refractivity contribution in [3.8, 4) is 11.3 Å². The molecule has 1 unspecified atom stereocenters. The van der Waals surface area contributed by atoms with Crippen LogP contribution >= 0.6 is 0 Å². The van der Waals surface area contributed by atoms with Crippen LogP contribution in [0.3, 0.4) is 0 Å². The number of nitrogens with zero attached hydrogens (tertiary/aromatic N) is 4. The van der Waals surface area contributed by atoms with Crippen LogP contribution in [0.4, 0.5) is 5.82 Å². The van der Waals surface area contributed by atoms with E-state index in [1.165, 1.54) is 11.1 Å². The van der Waals surface area contributed by atoms with Crippen LogP contribution in [-0.2, 0) is 12.8 Å². The Balaban J connectivity index is 1.50. The van der Waals surface area contributed by atoms with E-state index in [-0.39, 0.29) is 0 Å². The fourth-order valence-electron chi connectivity index (χ4n) is 3.71. The van der Waals surface area contributed by atoms with Gasteiger partial charge in [0.25, 0.3) is 0 Å². The Bertz CT molecular complexity index is 1050. The largest absolute Gasteiger partial charge is 0.367 e. The zero-order valence-electron chi connectivity index (χ0n) is 14.3. The Labute approximate surface area is 151 Å². The van der Waals surface area contributed by atoms with Gasteiger partial charge in [-0.25, -0.2) is 4.98 Å². The van der Waals surface area contributed by atoms with Crippen LogP contribution in [-0.4, -0.2) is 25.6 Å². The summed E-state index contributed by atoms with van der Waals surface area (Å²) < 4.78 is 1.88. The molecule has 26 heavy (non-hydrogen) atoms. The summed E-state index contributed by atoms with van der Waals surface area (Å²) in [5.41, 5.74) is 5.66. The summed E-state index contributed by atoms with van der Waals surface area (Å²) in [5, 5.41) is 8.14. The van der Waals surface area contributed by atoms with Crippen molar-refractivity contribution < 1.29 is 0 Å². The molecule has 0 aliphatic heterocycles. The van der Waals surface area contributed by atoms with Gasteiger partial charge in [0.15, 0.2) is 5.65 Å². The molecule has 1 aromatic carbocycles. The Kier molecular flexibility index (Phi) is 3.63. The van der Waals surface area contributed by atoms with Crippen LogP contribution < -0.4 is 5.32 Å². The topological polar surface area (TPSA) is 55.1 Å². The maximum atomic E-state index is 4.72. The van der Waals surface area contributed by atoms with Crippen molar-refractivity contribution in [3.63, 3.8) is 0 Å². The number of hydrogen-bond acceptors (Lipinski definition) is 4. The highest BCUT2D eigenvalue weighted by Crippen LogP contribution is 2.26. The molecule has 0 fully saturated rings. The molecule has 5 nitrogen and oxygen atoms in total. The SMILES string of the molecule is c1cncc(-c2cc(NC3CCc4ccccc4C3)n3nccc3n2)c1. The zero-order valence-corrected chi connectivity index (χ0v) is 14.3. The van der Waals surface area contributed by atoms with E-state index in [2.05, 4.69) is 45.7 Å². The Hall–Kier alpha value is -3.21. The van der Waals surface area contributed by atoms with E-state index in [0.29, 0.717) is 6.04 Å². The molecule has 0 bridgehead atoms. The van der Waals surface area contributed by atoms with Crippen molar-refractivity contribution in [2.24, 2.45) is 0 Å². The molecule has 1 aliphatic rings. The second kappa shape index (κ2) is 6.26. The van der Waals surface area contributed by atoms with E-state index in [1.54, 1.807) is 12.4 Å². The highest BCUT2D eigenvalue weighted by atomic mass is 15.3. The number of nitrogens with one attached hydrogen (secondary N) is 1. The van der Waals surface area contributed by atoms with Crippen molar-refractivity contribution in [3.05, 3.63) is 78.2 Å². The Morgan fingerprint density at radius 2 is 1.92 bits per heavy atom. The minimum atomic E-state index is 0.390. The van der Waals surface area contributed by atoms with E-state index < -0.39 is 0 Å². The first-order valence-corrected chi connectivity index (χ1v) is 8.95. The summed E-state index contributed by atoms with van der Waals surface area (Å²) in [4.78, 5) is 8.93. The maximum Gasteiger partial charge on any atom is 0.157 e. The van der Waals surface area contributed by atoms with Gasteiger partial charge in [0.1, 0.15) is 5.82 Å². The van der Waals surface area contributed by atoms with Gasteiger partial charge in [0.05, 0.1) is 11.9 Å². The normalized spacial score (nSPS) is 16.4. The molecule has 0 saturated carbocycles. The number of aryl methyl sites for hydroxylation is 1. The first kappa shape index (κ1) is 15.1. The van der Waals surface area contributed by atoms with Crippen LogP contribution in [0.15, 0.2) is 67.1 Å². The second-order valence-corrected chi connectivity index (χ2v) is 6.72. The summed E-state index contributed by atoms with van der Waals surface area (Å²) in [6.45, 7) is 0. The lowest BCUT2D eigenvalue weighted by atomic mass is 9.88. The molecule has 1 N–H and O–H groups in total. The molecule has 1 aliphatic carbocycles. The van der Waals surface area contributed by atoms with E-state index in [4.69, 9.17) is 4.98 Å². The van der Waals surface area contributed by atoms with Gasteiger partial charge in [-0.15, -0.1) is 0 Å². The van der Waals surface area contributed by atoms with Gasteiger partial charge in [0, 0.05) is 36.1 Å². The standard InChI is InChI=1S/C21H19N5/c1-2-5-16-12-18(8-7-15(16)4-1)24-21-13-19(17-6-3-10-22-14-17)25-20-9-11-23-26(20)21/h1-6,9-11,13-14,18,24H,7-8,12H2. The number of hydrogen-bond donors (Lipinski definition) is 1. The summed E-state index contributed by atoms with van der Waals surface area (Å²) in [6, 6.07) is 17.1. The van der Waals surface area contributed by atoms with Crippen molar-refractivity contribution in [2.75, 3.05) is 5.32 Å². The van der Waals surface area contributed by atoms with E-state index in [9.17, 15) is 0 Å². The summed E-state index contributed by atoms with van der Waals surface area (Å²) in [5.74, 6) is 0.975. The molecule has 3 heterocycles. The monoisotopic (exact) mass is 341 g/mol. The number of rotatable bonds is 3. The van der Waals surface area contributed by atoms with Crippen LogP contribution in [0.5, 0.6) is 0 Å². The van der Waals surface area contributed by atoms with Gasteiger partial charge in [-0.3, -0.25) is 4.98 Å². The molecule has 0 amide bonds. The highest BCUT2D eigenvalue weighted by Gasteiger charge is 2.19. The van der Waals surface area contributed by atoms with E-state index in [0.717, 1.165) is 42.0 Å². The number of fused-ring (bicyclic) bond motifs is 2. The average Bonchev–Trinajstić information content (AvgIpc) is 3.18. The third kappa shape index (κ3) is 2.71. The summed E-state index contributed by atoms with van der Waals surface area (Å²) in [7, 11) is 0. The van der Waals surface area contributed by atoms with Crippen LogP contribution in [0.1, 0.15) is 17.5 Å². The minimum Gasteiger partial charge on any atom is -0.367 e. The lowest BCUT2D eigenvalue weighted by molar-refractivity contribution is 0.606. The van der Waals surface area contributed by atoms with Crippen LogP contribution in [0, 0.1) is 0 Å². The molecule has 5 rings (SSSR count). The minimum absolute atomic E-state index is 0.390. The van der Waals surface area contributed by atoms with Gasteiger partial charge < -0.3 is 5.32 Å². The fourth-order valence-corrected chi connectivity index (χ4v) is 3.71. The molecular formula is C21H19N5. The van der Waals surface area contributed by atoms with Crippen LogP contribution in [0.25, 0.3) is 16.9 Å². The molecule has 0 spiro atoms. The predicted octanol–water partition coefficient (Wildman–Crippen LogP) is 3.76. The lowest BCUT2D eigenvalue weighted by Crippen LogP contribution is -2.28. The smallest absolute Gasteiger partial charge is 0.157 e. The van der Waals surface area contributed by atoms with Crippen molar-refractivity contribution >= 4 is 11.5 Å². The number of pyridine rings is 1. The van der Waals surface area contributed by atoms with E-state index in [1.807, 2.05) is 28.9 Å². The molecular weight excluding hydrogens is 322 g/mol.